The summed E-state index contributed by atoms with van der Waals surface area (Å²) in [4.78, 5) is 11.4. The largest absolute Gasteiger partial charge is 0.381 e. The first-order valence-corrected chi connectivity index (χ1v) is 4.95. The van der Waals surface area contributed by atoms with Crippen molar-refractivity contribution in [2.45, 2.75) is 44.3 Å². The van der Waals surface area contributed by atoms with E-state index in [-0.39, 0.29) is 11.5 Å². The third kappa shape index (κ3) is 2.45. The Morgan fingerprint density at radius 2 is 2.14 bits per heavy atom. The van der Waals surface area contributed by atoms with Crippen molar-refractivity contribution < 1.29 is 14.6 Å². The van der Waals surface area contributed by atoms with Gasteiger partial charge >= 0.3 is 0 Å². The monoisotopic (exact) mass is 201 g/mol. The lowest BCUT2D eigenvalue weighted by Gasteiger charge is -2.40. The van der Waals surface area contributed by atoms with E-state index in [9.17, 15) is 9.90 Å². The van der Waals surface area contributed by atoms with E-state index < -0.39 is 5.60 Å². The Balaban J connectivity index is 2.36. The maximum atomic E-state index is 11.4. The molecular weight excluding hydrogens is 182 g/mol. The molecule has 2 N–H and O–H groups in total. The van der Waals surface area contributed by atoms with Crippen LogP contribution in [0.4, 0.5) is 0 Å². The van der Waals surface area contributed by atoms with Gasteiger partial charge in [0.05, 0.1) is 5.60 Å². The zero-order valence-electron chi connectivity index (χ0n) is 9.09. The lowest BCUT2D eigenvalue weighted by molar-refractivity contribution is -0.139. The maximum Gasteiger partial charge on any atom is 0.251 e. The lowest BCUT2D eigenvalue weighted by atomic mass is 9.80. The molecule has 0 spiro atoms. The second kappa shape index (κ2) is 3.87. The molecule has 0 aromatic heterocycles. The standard InChI is InChI=1S/C10H19NO3/c1-9(2,13)8(12)11-7-10(14-3)5-4-6-10/h13H,4-7H2,1-3H3,(H,11,12). The number of carbonyl (C=O) groups is 1. The Hall–Kier alpha value is -0.610. The van der Waals surface area contributed by atoms with Crippen molar-refractivity contribution in [3.05, 3.63) is 0 Å². The highest BCUT2D eigenvalue weighted by Gasteiger charge is 2.38. The van der Waals surface area contributed by atoms with Gasteiger partial charge in [0, 0.05) is 13.7 Å². The Bertz CT molecular complexity index is 210. The van der Waals surface area contributed by atoms with Crippen molar-refractivity contribution in [3.63, 3.8) is 0 Å². The molecule has 1 rings (SSSR count). The van der Waals surface area contributed by atoms with E-state index in [0.717, 1.165) is 19.3 Å². The van der Waals surface area contributed by atoms with Crippen LogP contribution in [0.25, 0.3) is 0 Å². The molecule has 0 bridgehead atoms. The first-order valence-electron chi connectivity index (χ1n) is 4.95. The summed E-state index contributed by atoms with van der Waals surface area (Å²) in [6.45, 7) is 3.44. The number of hydrogen-bond donors (Lipinski definition) is 2. The van der Waals surface area contributed by atoms with Crippen LogP contribution in [-0.2, 0) is 9.53 Å². The summed E-state index contributed by atoms with van der Waals surface area (Å²) in [5.41, 5.74) is -1.49. The van der Waals surface area contributed by atoms with Gasteiger partial charge in [-0.05, 0) is 33.1 Å². The molecule has 0 heterocycles. The fraction of sp³-hybridized carbons (Fsp3) is 0.900. The van der Waals surface area contributed by atoms with Gasteiger partial charge in [-0.25, -0.2) is 0 Å². The van der Waals surface area contributed by atoms with Crippen LogP contribution < -0.4 is 5.32 Å². The minimum Gasteiger partial charge on any atom is -0.381 e. The third-order valence-electron chi connectivity index (χ3n) is 2.82. The van der Waals surface area contributed by atoms with Crippen LogP contribution in [0, 0.1) is 0 Å². The first-order chi connectivity index (χ1) is 6.40. The third-order valence-corrected chi connectivity index (χ3v) is 2.82. The van der Waals surface area contributed by atoms with Gasteiger partial charge in [-0.2, -0.15) is 0 Å². The highest BCUT2D eigenvalue weighted by molar-refractivity contribution is 5.83. The molecule has 1 saturated carbocycles. The fourth-order valence-corrected chi connectivity index (χ4v) is 1.48. The molecule has 14 heavy (non-hydrogen) atoms. The molecule has 0 unspecified atom stereocenters. The molecular formula is C10H19NO3. The van der Waals surface area contributed by atoms with Crippen LogP contribution in [0.5, 0.6) is 0 Å². The van der Waals surface area contributed by atoms with Gasteiger partial charge in [0.25, 0.3) is 5.91 Å². The normalized spacial score (nSPS) is 20.0. The van der Waals surface area contributed by atoms with E-state index in [1.807, 2.05) is 0 Å². The predicted octanol–water partition coefficient (Wildman–Crippen LogP) is 0.443. The van der Waals surface area contributed by atoms with E-state index >= 15 is 0 Å². The molecule has 1 aliphatic rings. The van der Waals surface area contributed by atoms with Gasteiger partial charge in [0.15, 0.2) is 0 Å². The molecule has 1 fully saturated rings. The van der Waals surface area contributed by atoms with Crippen LogP contribution in [0.2, 0.25) is 0 Å². The molecule has 1 amide bonds. The molecule has 0 radical (unpaired) electrons. The summed E-state index contributed by atoms with van der Waals surface area (Å²) in [5.74, 6) is -0.346. The van der Waals surface area contributed by atoms with Crippen LogP contribution in [-0.4, -0.2) is 35.9 Å². The SMILES string of the molecule is COC1(CNC(=O)C(C)(C)O)CCC1. The fourth-order valence-electron chi connectivity index (χ4n) is 1.48. The summed E-state index contributed by atoms with van der Waals surface area (Å²) in [6, 6.07) is 0. The van der Waals surface area contributed by atoms with Crippen molar-refractivity contribution in [2.75, 3.05) is 13.7 Å². The zero-order valence-corrected chi connectivity index (χ0v) is 9.09. The molecule has 0 aliphatic heterocycles. The molecule has 0 atom stereocenters. The van der Waals surface area contributed by atoms with Gasteiger partial charge in [-0.15, -0.1) is 0 Å². The van der Waals surface area contributed by atoms with Crippen molar-refractivity contribution in [3.8, 4) is 0 Å². The summed E-state index contributed by atoms with van der Waals surface area (Å²) >= 11 is 0. The Morgan fingerprint density at radius 1 is 1.57 bits per heavy atom. The van der Waals surface area contributed by atoms with E-state index in [2.05, 4.69) is 5.32 Å². The van der Waals surface area contributed by atoms with Crippen LogP contribution in [0.3, 0.4) is 0 Å². The number of hydrogen-bond acceptors (Lipinski definition) is 3. The number of carbonyl (C=O) groups excluding carboxylic acids is 1. The molecule has 1 aliphatic carbocycles. The van der Waals surface area contributed by atoms with Crippen molar-refractivity contribution in [1.29, 1.82) is 0 Å². The van der Waals surface area contributed by atoms with Gasteiger partial charge in [0.2, 0.25) is 0 Å². The maximum absolute atomic E-state index is 11.4. The minimum absolute atomic E-state index is 0.180. The first kappa shape index (κ1) is 11.5. The molecule has 82 valence electrons. The van der Waals surface area contributed by atoms with Crippen molar-refractivity contribution in [2.24, 2.45) is 0 Å². The quantitative estimate of drug-likeness (QED) is 0.694. The molecule has 4 heteroatoms. The van der Waals surface area contributed by atoms with Crippen molar-refractivity contribution >= 4 is 5.91 Å². The summed E-state index contributed by atoms with van der Waals surface area (Å²) < 4.78 is 5.34. The number of methoxy groups -OCH3 is 1. The average molecular weight is 201 g/mol. The van der Waals surface area contributed by atoms with Crippen molar-refractivity contribution in [1.82, 2.24) is 5.32 Å². The summed E-state index contributed by atoms with van der Waals surface area (Å²) in [6.07, 6.45) is 3.11. The molecule has 0 aromatic rings. The number of ether oxygens (including phenoxy) is 1. The summed E-state index contributed by atoms with van der Waals surface area (Å²) in [7, 11) is 1.66. The zero-order chi connectivity index (χ0) is 10.8. The van der Waals surface area contributed by atoms with Gasteiger partial charge < -0.3 is 15.2 Å². The van der Waals surface area contributed by atoms with Gasteiger partial charge in [-0.1, -0.05) is 0 Å². The van der Waals surface area contributed by atoms with E-state index in [4.69, 9.17) is 4.74 Å². The predicted molar refractivity (Wildman–Crippen MR) is 52.9 cm³/mol. The van der Waals surface area contributed by atoms with Gasteiger partial charge in [-0.3, -0.25) is 4.79 Å². The van der Waals surface area contributed by atoms with E-state index in [0.29, 0.717) is 6.54 Å². The van der Waals surface area contributed by atoms with Gasteiger partial charge in [0.1, 0.15) is 5.60 Å². The number of amides is 1. The summed E-state index contributed by atoms with van der Waals surface area (Å²) in [5, 5.41) is 12.1. The minimum atomic E-state index is -1.31. The Labute approximate surface area is 84.6 Å². The molecule has 0 saturated heterocycles. The second-order valence-electron chi connectivity index (χ2n) is 4.48. The topological polar surface area (TPSA) is 58.6 Å². The second-order valence-corrected chi connectivity index (χ2v) is 4.48. The Kier molecular flexibility index (Phi) is 3.17. The molecule has 0 aromatic carbocycles. The highest BCUT2D eigenvalue weighted by atomic mass is 16.5. The average Bonchev–Trinajstić information content (AvgIpc) is 2.01. The number of nitrogens with one attached hydrogen (secondary N) is 1. The number of aliphatic hydroxyl groups is 1. The lowest BCUT2D eigenvalue weighted by Crippen LogP contribution is -2.53. The Morgan fingerprint density at radius 3 is 2.43 bits per heavy atom. The van der Waals surface area contributed by atoms with Crippen LogP contribution in [0.1, 0.15) is 33.1 Å². The van der Waals surface area contributed by atoms with Crippen LogP contribution in [0.15, 0.2) is 0 Å². The molecule has 4 nitrogen and oxygen atoms in total. The van der Waals surface area contributed by atoms with E-state index in [1.54, 1.807) is 7.11 Å². The highest BCUT2D eigenvalue weighted by Crippen LogP contribution is 2.34. The van der Waals surface area contributed by atoms with E-state index in [1.165, 1.54) is 13.8 Å². The van der Waals surface area contributed by atoms with Crippen LogP contribution >= 0.6 is 0 Å². The smallest absolute Gasteiger partial charge is 0.251 e. The number of rotatable bonds is 4.